The molecule has 0 aromatic rings. The average Bonchev–Trinajstić information content (AvgIpc) is 2.72. The first-order valence-electron chi connectivity index (χ1n) is 10.1. The van der Waals surface area contributed by atoms with Gasteiger partial charge in [0.1, 0.15) is 0 Å². The summed E-state index contributed by atoms with van der Waals surface area (Å²) in [5.41, 5.74) is 0. The molecule has 0 aliphatic heterocycles. The smallest absolute Gasteiger partial charge is 0.308 e. The fraction of sp³-hybridized carbons (Fsp3) is 0.850. The Labute approximate surface area is 174 Å². The molecule has 0 bridgehead atoms. The van der Waals surface area contributed by atoms with Crippen LogP contribution in [0.4, 0.5) is 0 Å². The lowest BCUT2D eigenvalue weighted by Crippen LogP contribution is -2.15. The summed E-state index contributed by atoms with van der Waals surface area (Å²) < 4.78 is 42.1. The zero-order valence-corrected chi connectivity index (χ0v) is 17.8. The first-order chi connectivity index (χ1) is 14.3. The van der Waals surface area contributed by atoms with E-state index in [1.54, 1.807) is 13.0 Å². The van der Waals surface area contributed by atoms with Gasteiger partial charge < -0.3 is 37.9 Å². The molecule has 0 amide bonds. The van der Waals surface area contributed by atoms with E-state index in [1.807, 2.05) is 0 Å². The highest BCUT2D eigenvalue weighted by Crippen LogP contribution is 1.89. The molecule has 0 atom stereocenters. The molecule has 0 rings (SSSR count). The second-order valence-electron chi connectivity index (χ2n) is 5.59. The van der Waals surface area contributed by atoms with Gasteiger partial charge >= 0.3 is 5.97 Å². The predicted octanol–water partition coefficient (Wildman–Crippen LogP) is 1.24. The van der Waals surface area contributed by atoms with Crippen molar-refractivity contribution in [2.24, 2.45) is 0 Å². The van der Waals surface area contributed by atoms with Crippen molar-refractivity contribution in [3.8, 4) is 0 Å². The van der Waals surface area contributed by atoms with Gasteiger partial charge in [-0.25, -0.2) is 0 Å². The Hall–Kier alpha value is -1.07. The van der Waals surface area contributed by atoms with Crippen molar-refractivity contribution >= 4 is 5.97 Å². The van der Waals surface area contributed by atoms with Crippen molar-refractivity contribution in [2.45, 2.75) is 13.3 Å². The van der Waals surface area contributed by atoms with Crippen LogP contribution in [0.2, 0.25) is 0 Å². The van der Waals surface area contributed by atoms with Crippen LogP contribution in [0.5, 0.6) is 0 Å². The molecule has 172 valence electrons. The summed E-state index contributed by atoms with van der Waals surface area (Å²) in [5.74, 6) is -0.245. The van der Waals surface area contributed by atoms with Crippen molar-refractivity contribution in [3.63, 3.8) is 0 Å². The lowest BCUT2D eigenvalue weighted by Gasteiger charge is -2.08. The molecule has 0 unspecified atom stereocenters. The normalized spacial score (nSPS) is 10.9. The molecule has 29 heavy (non-hydrogen) atoms. The lowest BCUT2D eigenvalue weighted by molar-refractivity contribution is -0.144. The molecule has 0 radical (unpaired) electrons. The zero-order valence-electron chi connectivity index (χ0n) is 17.8. The first kappa shape index (κ1) is 27.9. The molecule has 0 aliphatic carbocycles. The van der Waals surface area contributed by atoms with E-state index >= 15 is 0 Å². The third-order valence-electron chi connectivity index (χ3n) is 3.22. The number of ether oxygens (including phenoxy) is 8. The zero-order chi connectivity index (χ0) is 21.3. The molecule has 0 spiro atoms. The Morgan fingerprint density at radius 1 is 0.621 bits per heavy atom. The molecule has 0 saturated heterocycles. The minimum absolute atomic E-state index is 0.245. The van der Waals surface area contributed by atoms with Gasteiger partial charge in [0.25, 0.3) is 0 Å². The number of rotatable bonds is 24. The van der Waals surface area contributed by atoms with Gasteiger partial charge in [0.2, 0.25) is 0 Å². The van der Waals surface area contributed by atoms with E-state index in [-0.39, 0.29) is 12.4 Å². The third kappa shape index (κ3) is 24.9. The van der Waals surface area contributed by atoms with Gasteiger partial charge in [-0.2, -0.15) is 0 Å². The van der Waals surface area contributed by atoms with Crippen molar-refractivity contribution in [2.75, 3.05) is 99.1 Å². The van der Waals surface area contributed by atoms with Crippen LogP contribution in [-0.2, 0) is 42.7 Å². The van der Waals surface area contributed by atoms with Crippen LogP contribution < -0.4 is 0 Å². The molecule has 0 fully saturated rings. The summed E-state index contributed by atoms with van der Waals surface area (Å²) >= 11 is 0. The highest BCUT2D eigenvalue weighted by Gasteiger charge is 2.00. The standard InChI is InChI=1S/C20H38O9/c1-3-6-22-8-10-24-12-14-26-16-18-28-19-17-27-15-13-25-11-9-23-7-5-20(21)29-4-2/h3H,1,4-19H2,2H3. The summed E-state index contributed by atoms with van der Waals surface area (Å²) in [6, 6.07) is 0. The fourth-order valence-electron chi connectivity index (χ4n) is 1.87. The van der Waals surface area contributed by atoms with Crippen LogP contribution in [0.1, 0.15) is 13.3 Å². The van der Waals surface area contributed by atoms with Crippen LogP contribution >= 0.6 is 0 Å². The van der Waals surface area contributed by atoms with Gasteiger partial charge in [-0.3, -0.25) is 4.79 Å². The van der Waals surface area contributed by atoms with Crippen LogP contribution in [0.3, 0.4) is 0 Å². The Kier molecular flexibility index (Phi) is 24.0. The van der Waals surface area contributed by atoms with Gasteiger partial charge in [-0.1, -0.05) is 6.08 Å². The Morgan fingerprint density at radius 2 is 0.966 bits per heavy atom. The fourth-order valence-corrected chi connectivity index (χ4v) is 1.87. The molecule has 9 nitrogen and oxygen atoms in total. The minimum atomic E-state index is -0.245. The van der Waals surface area contributed by atoms with Crippen LogP contribution in [0.25, 0.3) is 0 Å². The van der Waals surface area contributed by atoms with Crippen molar-refractivity contribution in [3.05, 3.63) is 12.7 Å². The summed E-state index contributed by atoms with van der Waals surface area (Å²) in [6.07, 6.45) is 1.97. The topological polar surface area (TPSA) is 90.9 Å². The van der Waals surface area contributed by atoms with Crippen LogP contribution in [0, 0.1) is 0 Å². The number of carbonyl (C=O) groups is 1. The summed E-state index contributed by atoms with van der Waals surface area (Å²) in [6.45, 7) is 12.8. The van der Waals surface area contributed by atoms with Crippen molar-refractivity contribution < 1.29 is 42.7 Å². The monoisotopic (exact) mass is 422 g/mol. The van der Waals surface area contributed by atoms with E-state index in [0.717, 1.165) is 0 Å². The van der Waals surface area contributed by atoms with E-state index in [2.05, 4.69) is 6.58 Å². The van der Waals surface area contributed by atoms with E-state index in [1.165, 1.54) is 0 Å². The molecule has 0 N–H and O–H groups in total. The van der Waals surface area contributed by atoms with Crippen LogP contribution in [-0.4, -0.2) is 105 Å². The maximum absolute atomic E-state index is 11.1. The highest BCUT2D eigenvalue weighted by atomic mass is 16.6. The van der Waals surface area contributed by atoms with E-state index in [0.29, 0.717) is 99.1 Å². The van der Waals surface area contributed by atoms with Crippen molar-refractivity contribution in [1.82, 2.24) is 0 Å². The molecule has 0 aromatic heterocycles. The Morgan fingerprint density at radius 3 is 1.31 bits per heavy atom. The second-order valence-corrected chi connectivity index (χ2v) is 5.59. The largest absolute Gasteiger partial charge is 0.466 e. The van der Waals surface area contributed by atoms with E-state index < -0.39 is 0 Å². The van der Waals surface area contributed by atoms with Gasteiger partial charge in [-0.05, 0) is 6.92 Å². The van der Waals surface area contributed by atoms with Gasteiger partial charge in [0, 0.05) is 0 Å². The molecular weight excluding hydrogens is 384 g/mol. The molecule has 9 heteroatoms. The molecule has 0 heterocycles. The predicted molar refractivity (Wildman–Crippen MR) is 107 cm³/mol. The minimum Gasteiger partial charge on any atom is -0.466 e. The van der Waals surface area contributed by atoms with Gasteiger partial charge in [0.15, 0.2) is 0 Å². The van der Waals surface area contributed by atoms with Gasteiger partial charge in [0.05, 0.1) is 106 Å². The number of carbonyl (C=O) groups excluding carboxylic acids is 1. The van der Waals surface area contributed by atoms with Crippen LogP contribution in [0.15, 0.2) is 12.7 Å². The number of hydrogen-bond donors (Lipinski definition) is 0. The highest BCUT2D eigenvalue weighted by molar-refractivity contribution is 5.69. The molecular formula is C20H38O9. The second kappa shape index (κ2) is 25.0. The van der Waals surface area contributed by atoms with E-state index in [4.69, 9.17) is 37.9 Å². The molecule has 0 saturated carbocycles. The maximum atomic E-state index is 11.1. The number of esters is 1. The summed E-state index contributed by atoms with van der Waals surface area (Å²) in [4.78, 5) is 11.1. The quantitative estimate of drug-likeness (QED) is 0.129. The SMILES string of the molecule is C=CCOCCOCCOCCOCCOCCOCCOCCC(=O)OCC. The Balaban J connectivity index is 3.03. The Bertz CT molecular complexity index is 353. The number of hydrogen-bond acceptors (Lipinski definition) is 9. The summed E-state index contributed by atoms with van der Waals surface area (Å²) in [5, 5.41) is 0. The van der Waals surface area contributed by atoms with Gasteiger partial charge in [-0.15, -0.1) is 6.58 Å². The summed E-state index contributed by atoms with van der Waals surface area (Å²) in [7, 11) is 0. The third-order valence-corrected chi connectivity index (χ3v) is 3.22. The van der Waals surface area contributed by atoms with E-state index in [9.17, 15) is 4.79 Å². The maximum Gasteiger partial charge on any atom is 0.308 e. The molecule has 0 aliphatic rings. The average molecular weight is 423 g/mol. The molecule has 0 aromatic carbocycles. The first-order valence-corrected chi connectivity index (χ1v) is 10.1. The van der Waals surface area contributed by atoms with Crippen molar-refractivity contribution in [1.29, 1.82) is 0 Å². The lowest BCUT2D eigenvalue weighted by atomic mass is 10.5.